The molecule has 0 spiro atoms. The Hall–Kier alpha value is -2.87. The van der Waals surface area contributed by atoms with Crippen molar-refractivity contribution in [2.24, 2.45) is 5.92 Å². The van der Waals surface area contributed by atoms with Crippen LogP contribution in [0.15, 0.2) is 67.0 Å². The number of imidazole rings is 1. The van der Waals surface area contributed by atoms with Gasteiger partial charge in [0, 0.05) is 12.4 Å². The second-order valence-electron chi connectivity index (χ2n) is 6.57. The SMILES string of the molecule is C(=C\c1ncc[nH]1)/c1ccc(/C=C(/c2ccccc2)C2CCC2)cc1. The summed E-state index contributed by atoms with van der Waals surface area (Å²) in [5.41, 5.74) is 5.28. The van der Waals surface area contributed by atoms with Gasteiger partial charge in [0.15, 0.2) is 0 Å². The zero-order chi connectivity index (χ0) is 16.9. The molecule has 124 valence electrons. The predicted molar refractivity (Wildman–Crippen MR) is 106 cm³/mol. The van der Waals surface area contributed by atoms with E-state index in [0.717, 1.165) is 5.82 Å². The number of H-pyrrole nitrogens is 1. The molecule has 0 bridgehead atoms. The monoisotopic (exact) mass is 326 g/mol. The molecule has 0 atom stereocenters. The van der Waals surface area contributed by atoms with Crippen LogP contribution in [0.2, 0.25) is 0 Å². The highest BCUT2D eigenvalue weighted by Crippen LogP contribution is 2.39. The van der Waals surface area contributed by atoms with Crippen LogP contribution in [0.4, 0.5) is 0 Å². The molecule has 1 aliphatic rings. The van der Waals surface area contributed by atoms with E-state index in [0.29, 0.717) is 5.92 Å². The van der Waals surface area contributed by atoms with E-state index in [2.05, 4.69) is 76.7 Å². The van der Waals surface area contributed by atoms with Crippen LogP contribution < -0.4 is 0 Å². The molecule has 1 fully saturated rings. The molecule has 0 radical (unpaired) electrons. The number of allylic oxidation sites excluding steroid dienone is 1. The highest BCUT2D eigenvalue weighted by Gasteiger charge is 2.22. The molecule has 1 heterocycles. The molecule has 0 aliphatic heterocycles. The summed E-state index contributed by atoms with van der Waals surface area (Å²) in [4.78, 5) is 7.29. The molecule has 4 rings (SSSR count). The van der Waals surface area contributed by atoms with Gasteiger partial charge in [0.1, 0.15) is 5.82 Å². The first-order chi connectivity index (χ1) is 12.4. The first-order valence-electron chi connectivity index (χ1n) is 8.93. The zero-order valence-electron chi connectivity index (χ0n) is 14.2. The number of aromatic nitrogens is 2. The topological polar surface area (TPSA) is 28.7 Å². The number of benzene rings is 2. The van der Waals surface area contributed by atoms with Crippen LogP contribution in [-0.4, -0.2) is 9.97 Å². The van der Waals surface area contributed by atoms with Crippen LogP contribution >= 0.6 is 0 Å². The Labute approximate surface area is 149 Å². The summed E-state index contributed by atoms with van der Waals surface area (Å²) in [7, 11) is 0. The van der Waals surface area contributed by atoms with Crippen LogP contribution in [0.5, 0.6) is 0 Å². The molecule has 2 aromatic carbocycles. The van der Waals surface area contributed by atoms with Crippen LogP contribution in [0.3, 0.4) is 0 Å². The van der Waals surface area contributed by atoms with E-state index in [1.54, 1.807) is 6.20 Å². The Kier molecular flexibility index (Phi) is 4.60. The zero-order valence-corrected chi connectivity index (χ0v) is 14.2. The minimum Gasteiger partial charge on any atom is -0.345 e. The van der Waals surface area contributed by atoms with Gasteiger partial charge < -0.3 is 4.98 Å². The number of aromatic amines is 1. The molecule has 2 nitrogen and oxygen atoms in total. The smallest absolute Gasteiger partial charge is 0.129 e. The lowest BCUT2D eigenvalue weighted by Gasteiger charge is -2.28. The second-order valence-corrected chi connectivity index (χ2v) is 6.57. The van der Waals surface area contributed by atoms with Crippen LogP contribution in [0.1, 0.15) is 41.8 Å². The molecule has 2 heteroatoms. The maximum atomic E-state index is 4.21. The minimum atomic E-state index is 0.709. The van der Waals surface area contributed by atoms with Gasteiger partial charge in [-0.05, 0) is 47.1 Å². The fourth-order valence-corrected chi connectivity index (χ4v) is 3.21. The Balaban J connectivity index is 1.56. The molecule has 1 aliphatic carbocycles. The molecule has 1 aromatic heterocycles. The largest absolute Gasteiger partial charge is 0.345 e. The first-order valence-corrected chi connectivity index (χ1v) is 8.93. The molecule has 0 unspecified atom stereocenters. The van der Waals surface area contributed by atoms with Gasteiger partial charge in [-0.2, -0.15) is 0 Å². The standard InChI is InChI=1S/C23H22N2/c1-2-5-20(6-3-1)22(21-7-4-8-21)17-19-11-9-18(10-12-19)13-14-23-24-15-16-25-23/h1-3,5-6,9-17,21H,4,7-8H2,(H,24,25)/b14-13+,22-17-. The lowest BCUT2D eigenvalue weighted by Crippen LogP contribution is -2.12. The van der Waals surface area contributed by atoms with E-state index in [-0.39, 0.29) is 0 Å². The van der Waals surface area contributed by atoms with Gasteiger partial charge in [0.05, 0.1) is 0 Å². The molecular formula is C23H22N2. The second kappa shape index (κ2) is 7.35. The highest BCUT2D eigenvalue weighted by atomic mass is 14.9. The lowest BCUT2D eigenvalue weighted by molar-refractivity contribution is 0.401. The van der Waals surface area contributed by atoms with Gasteiger partial charge in [0.2, 0.25) is 0 Å². The van der Waals surface area contributed by atoms with Crippen molar-refractivity contribution >= 4 is 23.8 Å². The lowest BCUT2D eigenvalue weighted by atomic mass is 9.76. The predicted octanol–water partition coefficient (Wildman–Crippen LogP) is 5.92. The van der Waals surface area contributed by atoms with E-state index in [9.17, 15) is 0 Å². The number of nitrogens with zero attached hydrogens (tertiary/aromatic N) is 1. The number of nitrogens with one attached hydrogen (secondary N) is 1. The molecule has 3 aromatic rings. The molecule has 1 N–H and O–H groups in total. The van der Waals surface area contributed by atoms with Gasteiger partial charge in [-0.15, -0.1) is 0 Å². The van der Waals surface area contributed by atoms with E-state index >= 15 is 0 Å². The summed E-state index contributed by atoms with van der Waals surface area (Å²) in [5, 5.41) is 0. The van der Waals surface area contributed by atoms with Crippen molar-refractivity contribution in [2.75, 3.05) is 0 Å². The maximum Gasteiger partial charge on any atom is 0.129 e. The van der Waals surface area contributed by atoms with E-state index in [1.165, 1.54) is 41.5 Å². The van der Waals surface area contributed by atoms with Gasteiger partial charge in [-0.25, -0.2) is 4.98 Å². The summed E-state index contributed by atoms with van der Waals surface area (Å²) in [6, 6.07) is 19.5. The van der Waals surface area contributed by atoms with Crippen molar-refractivity contribution < 1.29 is 0 Å². The van der Waals surface area contributed by atoms with Crippen LogP contribution in [0.25, 0.3) is 23.8 Å². The average Bonchev–Trinajstić information content (AvgIpc) is 3.13. The highest BCUT2D eigenvalue weighted by molar-refractivity contribution is 5.83. The van der Waals surface area contributed by atoms with Gasteiger partial charge >= 0.3 is 0 Å². The van der Waals surface area contributed by atoms with Crippen molar-refractivity contribution in [1.29, 1.82) is 0 Å². The first kappa shape index (κ1) is 15.6. The summed E-state index contributed by atoms with van der Waals surface area (Å²) < 4.78 is 0. The summed E-state index contributed by atoms with van der Waals surface area (Å²) in [6.07, 6.45) is 14.0. The van der Waals surface area contributed by atoms with Gasteiger partial charge in [-0.3, -0.25) is 0 Å². The van der Waals surface area contributed by atoms with E-state index in [1.807, 2.05) is 12.3 Å². The van der Waals surface area contributed by atoms with E-state index < -0.39 is 0 Å². The van der Waals surface area contributed by atoms with Gasteiger partial charge in [0.25, 0.3) is 0 Å². The fourth-order valence-electron chi connectivity index (χ4n) is 3.21. The third-order valence-electron chi connectivity index (χ3n) is 4.86. The quantitative estimate of drug-likeness (QED) is 0.579. The normalized spacial score (nSPS) is 15.4. The summed E-state index contributed by atoms with van der Waals surface area (Å²) >= 11 is 0. The minimum absolute atomic E-state index is 0.709. The Morgan fingerprint density at radius 1 is 0.920 bits per heavy atom. The molecule has 0 amide bonds. The average molecular weight is 326 g/mol. The Bertz CT molecular complexity index is 852. The Morgan fingerprint density at radius 2 is 1.68 bits per heavy atom. The van der Waals surface area contributed by atoms with Crippen molar-refractivity contribution in [2.45, 2.75) is 19.3 Å². The maximum absolute atomic E-state index is 4.21. The van der Waals surface area contributed by atoms with Crippen molar-refractivity contribution in [3.8, 4) is 0 Å². The van der Waals surface area contributed by atoms with Crippen molar-refractivity contribution in [3.63, 3.8) is 0 Å². The van der Waals surface area contributed by atoms with Crippen LogP contribution in [-0.2, 0) is 0 Å². The molecule has 0 saturated heterocycles. The number of hydrogen-bond acceptors (Lipinski definition) is 1. The van der Waals surface area contributed by atoms with Crippen LogP contribution in [0, 0.1) is 5.92 Å². The van der Waals surface area contributed by atoms with E-state index in [4.69, 9.17) is 0 Å². The molecular weight excluding hydrogens is 304 g/mol. The fraction of sp³-hybridized carbons (Fsp3) is 0.174. The molecule has 25 heavy (non-hydrogen) atoms. The van der Waals surface area contributed by atoms with Crippen molar-refractivity contribution in [3.05, 3.63) is 89.5 Å². The third-order valence-corrected chi connectivity index (χ3v) is 4.86. The molecule has 1 saturated carbocycles. The summed E-state index contributed by atoms with van der Waals surface area (Å²) in [6.45, 7) is 0. The Morgan fingerprint density at radius 3 is 2.32 bits per heavy atom. The summed E-state index contributed by atoms with van der Waals surface area (Å²) in [5.74, 6) is 1.58. The van der Waals surface area contributed by atoms with Gasteiger partial charge in [-0.1, -0.05) is 73.2 Å². The third kappa shape index (κ3) is 3.80. The number of hydrogen-bond donors (Lipinski definition) is 1. The number of rotatable bonds is 5. The van der Waals surface area contributed by atoms with Crippen molar-refractivity contribution in [1.82, 2.24) is 9.97 Å².